The van der Waals surface area contributed by atoms with Gasteiger partial charge in [0.1, 0.15) is 5.75 Å². The lowest BCUT2D eigenvalue weighted by Gasteiger charge is -2.11. The Bertz CT molecular complexity index is 640. The van der Waals surface area contributed by atoms with Gasteiger partial charge in [0.25, 0.3) is 11.6 Å². The first-order chi connectivity index (χ1) is 9.85. The van der Waals surface area contributed by atoms with Crippen LogP contribution in [0, 0.1) is 10.1 Å². The van der Waals surface area contributed by atoms with Crippen LogP contribution in [0.3, 0.4) is 0 Å². The Morgan fingerprint density at radius 3 is 2.57 bits per heavy atom. The second-order valence-corrected chi connectivity index (χ2v) is 6.94. The molecule has 0 unspecified atom stereocenters. The standard InChI is InChI=1S/C12H14N2O6S/c15-12(13-9-5-6-21(18,19)8-9)7-20-11-3-1-10(2-4-11)14(16)17/h1-4,9H,5-8H2,(H,13,15)/t9-/m1/s1. The molecule has 1 fully saturated rings. The maximum Gasteiger partial charge on any atom is 0.269 e. The highest BCUT2D eigenvalue weighted by Crippen LogP contribution is 2.17. The second kappa shape index (κ2) is 6.08. The van der Waals surface area contributed by atoms with Gasteiger partial charge < -0.3 is 10.1 Å². The zero-order valence-electron chi connectivity index (χ0n) is 11.0. The Morgan fingerprint density at radius 2 is 2.05 bits per heavy atom. The van der Waals surface area contributed by atoms with Gasteiger partial charge in [-0.3, -0.25) is 14.9 Å². The Hall–Kier alpha value is -2.16. The van der Waals surface area contributed by atoms with Gasteiger partial charge in [-0.2, -0.15) is 0 Å². The second-order valence-electron chi connectivity index (χ2n) is 4.71. The van der Waals surface area contributed by atoms with Gasteiger partial charge in [-0.05, 0) is 18.6 Å². The van der Waals surface area contributed by atoms with E-state index in [1.54, 1.807) is 0 Å². The first-order valence-corrected chi connectivity index (χ1v) is 8.05. The van der Waals surface area contributed by atoms with Crippen molar-refractivity contribution in [1.29, 1.82) is 0 Å². The molecule has 0 aliphatic carbocycles. The average Bonchev–Trinajstić information content (AvgIpc) is 2.76. The van der Waals surface area contributed by atoms with Crippen LogP contribution < -0.4 is 10.1 Å². The third-order valence-electron chi connectivity index (χ3n) is 3.02. The largest absolute Gasteiger partial charge is 0.484 e. The fraction of sp³-hybridized carbons (Fsp3) is 0.417. The number of non-ortho nitro benzene ring substituents is 1. The predicted octanol–water partition coefficient (Wildman–Crippen LogP) is 0.277. The Balaban J connectivity index is 1.80. The van der Waals surface area contributed by atoms with E-state index in [0.29, 0.717) is 12.2 Å². The molecular formula is C12H14N2O6S. The van der Waals surface area contributed by atoms with Crippen molar-refractivity contribution in [2.24, 2.45) is 0 Å². The summed E-state index contributed by atoms with van der Waals surface area (Å²) >= 11 is 0. The van der Waals surface area contributed by atoms with Crippen molar-refractivity contribution in [3.63, 3.8) is 0 Å². The number of carbonyl (C=O) groups excluding carboxylic acids is 1. The molecule has 2 rings (SSSR count). The number of rotatable bonds is 5. The zero-order chi connectivity index (χ0) is 15.5. The molecule has 8 nitrogen and oxygen atoms in total. The summed E-state index contributed by atoms with van der Waals surface area (Å²) in [6.07, 6.45) is 0.408. The van der Waals surface area contributed by atoms with Crippen LogP contribution in [0.15, 0.2) is 24.3 Å². The monoisotopic (exact) mass is 314 g/mol. The van der Waals surface area contributed by atoms with Crippen molar-refractivity contribution >= 4 is 21.4 Å². The molecule has 114 valence electrons. The SMILES string of the molecule is O=C(COc1ccc([N+](=O)[O-])cc1)N[C@@H]1CCS(=O)(=O)C1. The molecule has 1 amide bonds. The average molecular weight is 314 g/mol. The van der Waals surface area contributed by atoms with Crippen LogP contribution in [0.1, 0.15) is 6.42 Å². The van der Waals surface area contributed by atoms with Gasteiger partial charge in [0.15, 0.2) is 16.4 Å². The van der Waals surface area contributed by atoms with E-state index in [4.69, 9.17) is 4.74 Å². The minimum Gasteiger partial charge on any atom is -0.484 e. The maximum absolute atomic E-state index is 11.6. The topological polar surface area (TPSA) is 116 Å². The number of sulfone groups is 1. The normalized spacial score (nSPS) is 19.9. The zero-order valence-corrected chi connectivity index (χ0v) is 11.8. The van der Waals surface area contributed by atoms with Gasteiger partial charge in [-0.25, -0.2) is 8.42 Å². The van der Waals surface area contributed by atoms with Crippen LogP contribution in [0.25, 0.3) is 0 Å². The van der Waals surface area contributed by atoms with E-state index in [0.717, 1.165) is 0 Å². The van der Waals surface area contributed by atoms with E-state index < -0.39 is 20.7 Å². The third kappa shape index (κ3) is 4.42. The van der Waals surface area contributed by atoms with Crippen LogP contribution in [-0.4, -0.2) is 43.4 Å². The molecule has 0 spiro atoms. The van der Waals surface area contributed by atoms with Gasteiger partial charge in [0.05, 0.1) is 16.4 Å². The van der Waals surface area contributed by atoms with Gasteiger partial charge in [0.2, 0.25) is 0 Å². The molecular weight excluding hydrogens is 300 g/mol. The molecule has 21 heavy (non-hydrogen) atoms. The number of hydrogen-bond acceptors (Lipinski definition) is 6. The van der Waals surface area contributed by atoms with Crippen LogP contribution in [0.5, 0.6) is 5.75 Å². The number of hydrogen-bond donors (Lipinski definition) is 1. The molecule has 0 aromatic heterocycles. The fourth-order valence-corrected chi connectivity index (χ4v) is 3.66. The van der Waals surface area contributed by atoms with E-state index >= 15 is 0 Å². The van der Waals surface area contributed by atoms with Crippen molar-refractivity contribution in [3.05, 3.63) is 34.4 Å². The van der Waals surface area contributed by atoms with Gasteiger partial charge in [-0.1, -0.05) is 0 Å². The van der Waals surface area contributed by atoms with E-state index in [1.165, 1.54) is 24.3 Å². The third-order valence-corrected chi connectivity index (χ3v) is 4.78. The Kier molecular flexibility index (Phi) is 4.41. The highest BCUT2D eigenvalue weighted by molar-refractivity contribution is 7.91. The first-order valence-electron chi connectivity index (χ1n) is 6.23. The molecule has 1 heterocycles. The molecule has 1 aliphatic heterocycles. The van der Waals surface area contributed by atoms with E-state index in [9.17, 15) is 23.3 Å². The number of amides is 1. The lowest BCUT2D eigenvalue weighted by Crippen LogP contribution is -2.38. The van der Waals surface area contributed by atoms with Gasteiger partial charge in [0, 0.05) is 18.2 Å². The van der Waals surface area contributed by atoms with Crippen molar-refractivity contribution in [2.75, 3.05) is 18.1 Å². The Labute approximate surface area is 121 Å². The molecule has 1 N–H and O–H groups in total. The van der Waals surface area contributed by atoms with Gasteiger partial charge in [-0.15, -0.1) is 0 Å². The summed E-state index contributed by atoms with van der Waals surface area (Å²) in [7, 11) is -3.04. The molecule has 9 heteroatoms. The molecule has 1 aromatic carbocycles. The van der Waals surface area contributed by atoms with E-state index in [2.05, 4.69) is 5.32 Å². The van der Waals surface area contributed by atoms with E-state index in [-0.39, 0.29) is 29.8 Å². The van der Waals surface area contributed by atoms with Crippen molar-refractivity contribution in [2.45, 2.75) is 12.5 Å². The molecule has 1 saturated heterocycles. The summed E-state index contributed by atoms with van der Waals surface area (Å²) in [5.41, 5.74) is -0.0667. The number of benzene rings is 1. The van der Waals surface area contributed by atoms with Crippen molar-refractivity contribution < 1.29 is 22.9 Å². The smallest absolute Gasteiger partial charge is 0.269 e. The number of nitrogens with one attached hydrogen (secondary N) is 1. The molecule has 0 radical (unpaired) electrons. The number of nitro benzene ring substituents is 1. The predicted molar refractivity (Wildman–Crippen MR) is 73.8 cm³/mol. The number of nitrogens with zero attached hydrogens (tertiary/aromatic N) is 1. The summed E-state index contributed by atoms with van der Waals surface area (Å²) in [5.74, 6) is -0.0532. The minimum atomic E-state index is -3.04. The van der Waals surface area contributed by atoms with Crippen LogP contribution in [0.2, 0.25) is 0 Å². The number of carbonyl (C=O) groups is 1. The van der Waals surface area contributed by atoms with Crippen molar-refractivity contribution in [1.82, 2.24) is 5.32 Å². The summed E-state index contributed by atoms with van der Waals surface area (Å²) in [5, 5.41) is 13.1. The quantitative estimate of drug-likeness (QED) is 0.616. The molecule has 0 saturated carbocycles. The lowest BCUT2D eigenvalue weighted by molar-refractivity contribution is -0.384. The van der Waals surface area contributed by atoms with Crippen LogP contribution in [-0.2, 0) is 14.6 Å². The van der Waals surface area contributed by atoms with Crippen LogP contribution in [0.4, 0.5) is 5.69 Å². The minimum absolute atomic E-state index is 0.0454. The Morgan fingerprint density at radius 1 is 1.38 bits per heavy atom. The molecule has 1 aliphatic rings. The number of nitro groups is 1. The molecule has 1 aromatic rings. The maximum atomic E-state index is 11.6. The van der Waals surface area contributed by atoms with Gasteiger partial charge >= 0.3 is 0 Å². The molecule has 1 atom stereocenters. The number of ether oxygens (including phenoxy) is 1. The summed E-state index contributed by atoms with van der Waals surface area (Å²) in [4.78, 5) is 21.6. The van der Waals surface area contributed by atoms with Crippen molar-refractivity contribution in [3.8, 4) is 5.75 Å². The highest BCUT2D eigenvalue weighted by Gasteiger charge is 2.28. The lowest BCUT2D eigenvalue weighted by atomic mass is 10.2. The van der Waals surface area contributed by atoms with E-state index in [1.807, 2.05) is 0 Å². The fourth-order valence-electron chi connectivity index (χ4n) is 1.99. The van der Waals surface area contributed by atoms with Crippen LogP contribution >= 0.6 is 0 Å². The summed E-state index contributed by atoms with van der Waals surface area (Å²) in [6, 6.07) is 4.97. The highest BCUT2D eigenvalue weighted by atomic mass is 32.2. The summed E-state index contributed by atoms with van der Waals surface area (Å²) in [6.45, 7) is -0.269. The first kappa shape index (κ1) is 15.2. The molecule has 0 bridgehead atoms. The summed E-state index contributed by atoms with van der Waals surface area (Å²) < 4.78 is 27.7.